The SMILES string of the molecule is CCNCc1ccc(C2CC2)cn1. The van der Waals surface area contributed by atoms with Crippen molar-refractivity contribution in [1.29, 1.82) is 0 Å². The van der Waals surface area contributed by atoms with E-state index in [1.165, 1.54) is 18.4 Å². The molecule has 0 amide bonds. The van der Waals surface area contributed by atoms with Gasteiger partial charge < -0.3 is 5.32 Å². The van der Waals surface area contributed by atoms with Crippen molar-refractivity contribution in [3.8, 4) is 0 Å². The van der Waals surface area contributed by atoms with E-state index in [4.69, 9.17) is 0 Å². The van der Waals surface area contributed by atoms with Crippen molar-refractivity contribution >= 4 is 0 Å². The quantitative estimate of drug-likeness (QED) is 0.759. The first kappa shape index (κ1) is 8.70. The van der Waals surface area contributed by atoms with E-state index in [9.17, 15) is 0 Å². The number of rotatable bonds is 4. The van der Waals surface area contributed by atoms with Crippen LogP contribution < -0.4 is 5.32 Å². The van der Waals surface area contributed by atoms with Crippen LogP contribution in [0.1, 0.15) is 36.9 Å². The second kappa shape index (κ2) is 3.88. The highest BCUT2D eigenvalue weighted by Gasteiger charge is 2.23. The molecule has 1 N–H and O–H groups in total. The van der Waals surface area contributed by atoms with Crippen molar-refractivity contribution in [2.75, 3.05) is 6.54 Å². The monoisotopic (exact) mass is 176 g/mol. The van der Waals surface area contributed by atoms with E-state index >= 15 is 0 Å². The first-order chi connectivity index (χ1) is 6.40. The molecule has 1 aromatic rings. The normalized spacial score (nSPS) is 16.1. The van der Waals surface area contributed by atoms with Crippen molar-refractivity contribution < 1.29 is 0 Å². The van der Waals surface area contributed by atoms with Crippen LogP contribution in [0.4, 0.5) is 0 Å². The lowest BCUT2D eigenvalue weighted by atomic mass is 10.2. The third-order valence-corrected chi connectivity index (χ3v) is 2.45. The standard InChI is InChI=1S/C11H16N2/c1-2-12-8-11-6-5-10(7-13-11)9-3-4-9/h5-7,9,12H,2-4,8H2,1H3. The smallest absolute Gasteiger partial charge is 0.0541 e. The van der Waals surface area contributed by atoms with Crippen molar-refractivity contribution in [2.24, 2.45) is 0 Å². The van der Waals surface area contributed by atoms with E-state index in [0.717, 1.165) is 24.7 Å². The Morgan fingerprint density at radius 2 is 2.31 bits per heavy atom. The van der Waals surface area contributed by atoms with Crippen LogP contribution in [-0.4, -0.2) is 11.5 Å². The summed E-state index contributed by atoms with van der Waals surface area (Å²) in [5.74, 6) is 0.820. The number of nitrogens with zero attached hydrogens (tertiary/aromatic N) is 1. The van der Waals surface area contributed by atoms with Crippen LogP contribution >= 0.6 is 0 Å². The molecule has 0 unspecified atom stereocenters. The van der Waals surface area contributed by atoms with Gasteiger partial charge in [0.15, 0.2) is 0 Å². The number of pyridine rings is 1. The van der Waals surface area contributed by atoms with Crippen LogP contribution in [0.15, 0.2) is 18.3 Å². The molecule has 2 nitrogen and oxygen atoms in total. The third kappa shape index (κ3) is 2.28. The maximum absolute atomic E-state index is 4.41. The van der Waals surface area contributed by atoms with E-state index in [-0.39, 0.29) is 0 Å². The minimum Gasteiger partial charge on any atom is -0.311 e. The minimum atomic E-state index is 0.820. The molecule has 13 heavy (non-hydrogen) atoms. The lowest BCUT2D eigenvalue weighted by Crippen LogP contribution is -2.12. The number of hydrogen-bond acceptors (Lipinski definition) is 2. The van der Waals surface area contributed by atoms with E-state index in [2.05, 4.69) is 29.4 Å². The Kier molecular flexibility index (Phi) is 2.60. The summed E-state index contributed by atoms with van der Waals surface area (Å²) in [5.41, 5.74) is 2.56. The molecule has 0 bridgehead atoms. The molecule has 1 aliphatic rings. The highest BCUT2D eigenvalue weighted by atomic mass is 14.9. The predicted molar refractivity (Wildman–Crippen MR) is 53.6 cm³/mol. The highest BCUT2D eigenvalue weighted by molar-refractivity contribution is 5.22. The predicted octanol–water partition coefficient (Wildman–Crippen LogP) is 2.07. The molecule has 0 saturated heterocycles. The van der Waals surface area contributed by atoms with Gasteiger partial charge in [-0.2, -0.15) is 0 Å². The molecule has 1 saturated carbocycles. The maximum Gasteiger partial charge on any atom is 0.0541 e. The van der Waals surface area contributed by atoms with Gasteiger partial charge in [-0.3, -0.25) is 4.98 Å². The zero-order chi connectivity index (χ0) is 9.10. The van der Waals surface area contributed by atoms with Gasteiger partial charge in [-0.05, 0) is 36.9 Å². The van der Waals surface area contributed by atoms with Gasteiger partial charge in [0, 0.05) is 12.7 Å². The molecule has 0 aromatic carbocycles. The summed E-state index contributed by atoms with van der Waals surface area (Å²) >= 11 is 0. The summed E-state index contributed by atoms with van der Waals surface area (Å²) in [5, 5.41) is 3.27. The van der Waals surface area contributed by atoms with Crippen LogP contribution in [0.5, 0.6) is 0 Å². The van der Waals surface area contributed by atoms with Crippen LogP contribution in [0.2, 0.25) is 0 Å². The number of aromatic nitrogens is 1. The average Bonchev–Trinajstić information content (AvgIpc) is 2.99. The van der Waals surface area contributed by atoms with Gasteiger partial charge in [0.25, 0.3) is 0 Å². The summed E-state index contributed by atoms with van der Waals surface area (Å²) in [7, 11) is 0. The molecule has 70 valence electrons. The molecular weight excluding hydrogens is 160 g/mol. The Labute approximate surface area is 79.4 Å². The zero-order valence-corrected chi connectivity index (χ0v) is 8.09. The number of hydrogen-bond donors (Lipinski definition) is 1. The third-order valence-electron chi connectivity index (χ3n) is 2.45. The molecule has 1 fully saturated rings. The molecular formula is C11H16N2. The Balaban J connectivity index is 1.96. The number of nitrogens with one attached hydrogen (secondary N) is 1. The second-order valence-corrected chi connectivity index (χ2v) is 3.64. The highest BCUT2D eigenvalue weighted by Crippen LogP contribution is 2.39. The molecule has 2 rings (SSSR count). The minimum absolute atomic E-state index is 0.820. The first-order valence-corrected chi connectivity index (χ1v) is 5.05. The average molecular weight is 176 g/mol. The fraction of sp³-hybridized carbons (Fsp3) is 0.545. The first-order valence-electron chi connectivity index (χ1n) is 5.05. The van der Waals surface area contributed by atoms with Gasteiger partial charge in [0.2, 0.25) is 0 Å². The molecule has 2 heteroatoms. The molecule has 0 aliphatic heterocycles. The summed E-state index contributed by atoms with van der Waals surface area (Å²) in [6.45, 7) is 4.01. The van der Waals surface area contributed by atoms with E-state index < -0.39 is 0 Å². The van der Waals surface area contributed by atoms with Gasteiger partial charge in [0.1, 0.15) is 0 Å². The summed E-state index contributed by atoms with van der Waals surface area (Å²) < 4.78 is 0. The van der Waals surface area contributed by atoms with Gasteiger partial charge in [-0.15, -0.1) is 0 Å². The van der Waals surface area contributed by atoms with Gasteiger partial charge in [-0.25, -0.2) is 0 Å². The van der Waals surface area contributed by atoms with E-state index in [0.29, 0.717) is 0 Å². The Morgan fingerprint density at radius 3 is 2.85 bits per heavy atom. The van der Waals surface area contributed by atoms with Gasteiger partial charge in [-0.1, -0.05) is 13.0 Å². The van der Waals surface area contributed by atoms with Crippen LogP contribution in [0.25, 0.3) is 0 Å². The fourth-order valence-corrected chi connectivity index (χ4v) is 1.45. The van der Waals surface area contributed by atoms with E-state index in [1.807, 2.05) is 6.20 Å². The van der Waals surface area contributed by atoms with Crippen molar-refractivity contribution in [2.45, 2.75) is 32.2 Å². The molecule has 0 radical (unpaired) electrons. The Hall–Kier alpha value is -0.890. The Bertz CT molecular complexity index is 262. The molecule has 1 aromatic heterocycles. The molecule has 0 atom stereocenters. The lowest BCUT2D eigenvalue weighted by Gasteiger charge is -2.02. The largest absolute Gasteiger partial charge is 0.311 e. The van der Waals surface area contributed by atoms with Gasteiger partial charge >= 0.3 is 0 Å². The maximum atomic E-state index is 4.41. The summed E-state index contributed by atoms with van der Waals surface area (Å²) in [4.78, 5) is 4.41. The molecule has 1 aliphatic carbocycles. The summed E-state index contributed by atoms with van der Waals surface area (Å²) in [6.07, 6.45) is 4.74. The van der Waals surface area contributed by atoms with E-state index in [1.54, 1.807) is 0 Å². The molecule has 0 spiro atoms. The van der Waals surface area contributed by atoms with Crippen molar-refractivity contribution in [1.82, 2.24) is 10.3 Å². The van der Waals surface area contributed by atoms with Crippen LogP contribution in [0, 0.1) is 0 Å². The summed E-state index contributed by atoms with van der Waals surface area (Å²) in [6, 6.07) is 4.35. The van der Waals surface area contributed by atoms with Crippen LogP contribution in [0.3, 0.4) is 0 Å². The van der Waals surface area contributed by atoms with Crippen LogP contribution in [-0.2, 0) is 6.54 Å². The topological polar surface area (TPSA) is 24.9 Å². The van der Waals surface area contributed by atoms with Crippen molar-refractivity contribution in [3.05, 3.63) is 29.6 Å². The molecule has 1 heterocycles. The van der Waals surface area contributed by atoms with Crippen molar-refractivity contribution in [3.63, 3.8) is 0 Å². The fourth-order valence-electron chi connectivity index (χ4n) is 1.45. The Morgan fingerprint density at radius 1 is 1.46 bits per heavy atom. The zero-order valence-electron chi connectivity index (χ0n) is 8.09. The lowest BCUT2D eigenvalue weighted by molar-refractivity contribution is 0.710. The van der Waals surface area contributed by atoms with Gasteiger partial charge in [0.05, 0.1) is 5.69 Å². The second-order valence-electron chi connectivity index (χ2n) is 3.64.